The molecule has 2 saturated heterocycles. The molecule has 39 nitrogen and oxygen atoms in total. The number of benzene rings is 4. The van der Waals surface area contributed by atoms with Crippen LogP contribution in [0.3, 0.4) is 0 Å². The summed E-state index contributed by atoms with van der Waals surface area (Å²) in [6.07, 6.45) is 0.400. The fraction of sp³-hybridized carbons (Fsp3) is 0.512. The van der Waals surface area contributed by atoms with Gasteiger partial charge in [0, 0.05) is 87.3 Å². The summed E-state index contributed by atoms with van der Waals surface area (Å²) in [5.41, 5.74) is 8.84. The quantitative estimate of drug-likeness (QED) is 0.0689. The lowest BCUT2D eigenvalue weighted by molar-refractivity contribution is -0.140. The minimum Gasteiger partial charge on any atom is -0.493 e. The third kappa shape index (κ3) is 29.6. The molecule has 7 aliphatic rings. The standard InChI is InChI=1S/C84H109N13O26/c1-53-42-61-50-97-67-47-71(69(113-5)44-63(67)82(109)95(61)48-53)121-29-9-28-120-70-46-66-62(43-68(70)112-4)81(108)94-27-8-10-60(94)49-96(66)83(110)122-51-57-14-18-59(19-15-57)91-80(107)65(45-76(102)103)93-79(106)64(11-6-7-24-85)92-75(101)23-31-115-35-39-119-41-37-117-33-26-87-73(99)21-20-72(98)86-25-32-116-36-40-118-38-34-114-30-22-74(100)88-54(2)77(104)89-55(3)78(105)90-58-16-12-56(13-17-58)52-123-84(97)111/h12-19,43-44,46-47,54-55,60-61,64-65H,1,6-11,22-42,45,48-52,85H2,2-5H3,(H,86,98)(H,87,99)(H,88,100)(H,89,104)(H,90,105)(H,91,107)(H,92,101)(H,93,106)(H,102,103)/t54-,55-,60-,61-,64-,65-/m0/s1. The van der Waals surface area contributed by atoms with Gasteiger partial charge in [0.1, 0.15) is 37.4 Å². The average Bonchev–Trinajstić information content (AvgIpc) is 1.64. The van der Waals surface area contributed by atoms with Crippen LogP contribution < -0.4 is 77.0 Å². The largest absolute Gasteiger partial charge is 0.493 e. The molecule has 0 spiro atoms. The smallest absolute Gasteiger partial charge is 0.414 e. The first-order valence-corrected chi connectivity index (χ1v) is 40.7. The van der Waals surface area contributed by atoms with Gasteiger partial charge in [-0.15, -0.1) is 0 Å². The number of hydrogen-bond acceptors (Lipinski definition) is 26. The van der Waals surface area contributed by atoms with E-state index in [0.717, 1.165) is 5.57 Å². The average molecular weight is 1720 g/mol. The summed E-state index contributed by atoms with van der Waals surface area (Å²) in [4.78, 5) is 180. The van der Waals surface area contributed by atoms with Crippen LogP contribution >= 0.6 is 0 Å². The van der Waals surface area contributed by atoms with E-state index in [4.69, 9.17) is 62.6 Å². The Morgan fingerprint density at radius 1 is 0.520 bits per heavy atom. The molecule has 7 aliphatic heterocycles. The van der Waals surface area contributed by atoms with Gasteiger partial charge in [-0.25, -0.2) is 9.59 Å². The number of carbonyl (C=O) groups is 13. The second-order valence-electron chi connectivity index (χ2n) is 29.1. The van der Waals surface area contributed by atoms with Crippen LogP contribution in [0, 0.1) is 11.8 Å². The van der Waals surface area contributed by atoms with Crippen molar-refractivity contribution in [3.05, 3.63) is 107 Å². The normalized spacial score (nSPS) is 22.2. The van der Waals surface area contributed by atoms with E-state index in [0.29, 0.717) is 62.0 Å². The lowest BCUT2D eigenvalue weighted by atomic mass is 10.1. The Bertz CT molecular complexity index is 4430. The minimum absolute atomic E-state index is 0.0139. The number of carboxylic acids is 1. The number of nitrogens with zero attached hydrogens (tertiary/aromatic N) is 4. The number of unbranched alkanes of at least 4 members (excludes halogenated alkanes) is 1. The SMILES string of the molecule is C=C1C[C@H]2CN3C(=O)OCc4ccc(cc4)NC(=O)[C@H](C)NC(=O)[C@H](C)NC(=O)CCOCCOCCOCCNC(=O)C#CC(=O)NCCOCCOCCOCCC(=O)N[C@@H](CCCCN)C(=O)N[C@@H](CC(=O)O)C(=O)Nc4ccc(cc4)COC(=O)N4C[C@@H]5CCCN5C(=O)c5cc(OC)c(cc54)OCCCOc4cc3c(cc4OC)C(=O)N2C1. The first-order valence-electron chi connectivity index (χ1n) is 40.7. The molecule has 4 aromatic rings. The maximum atomic E-state index is 14.4. The summed E-state index contributed by atoms with van der Waals surface area (Å²) in [5.74, 6) is -2.18. The van der Waals surface area contributed by atoms with E-state index in [2.05, 4.69) is 61.0 Å². The maximum Gasteiger partial charge on any atom is 0.414 e. The third-order valence-electron chi connectivity index (χ3n) is 20.0. The molecule has 12 amide bonds. The van der Waals surface area contributed by atoms with Crippen LogP contribution in [-0.4, -0.2) is 281 Å². The van der Waals surface area contributed by atoms with Gasteiger partial charge >= 0.3 is 18.2 Å². The highest BCUT2D eigenvalue weighted by Gasteiger charge is 2.43. The molecule has 2 fully saturated rings. The molecular weight excluding hydrogens is 1610 g/mol. The molecule has 0 radical (unpaired) electrons. The van der Waals surface area contributed by atoms with Gasteiger partial charge in [0.05, 0.1) is 154 Å². The monoisotopic (exact) mass is 1720 g/mol. The zero-order valence-corrected chi connectivity index (χ0v) is 69.5. The summed E-state index contributed by atoms with van der Waals surface area (Å²) in [6.45, 7) is 9.60. The second kappa shape index (κ2) is 49.0. The fourth-order valence-corrected chi connectivity index (χ4v) is 13.6. The van der Waals surface area contributed by atoms with E-state index in [9.17, 15) is 67.4 Å². The Hall–Kier alpha value is -12.2. The van der Waals surface area contributed by atoms with E-state index >= 15 is 0 Å². The van der Waals surface area contributed by atoms with Crippen molar-refractivity contribution in [3.63, 3.8) is 0 Å². The minimum atomic E-state index is -1.59. The van der Waals surface area contributed by atoms with Crippen LogP contribution in [0.15, 0.2) is 84.9 Å². The molecule has 0 saturated carbocycles. The van der Waals surface area contributed by atoms with Crippen molar-refractivity contribution in [2.75, 3.05) is 173 Å². The van der Waals surface area contributed by atoms with Gasteiger partial charge in [0.25, 0.3) is 23.6 Å². The zero-order valence-electron chi connectivity index (χ0n) is 69.5. The predicted molar refractivity (Wildman–Crippen MR) is 442 cm³/mol. The molecule has 0 unspecified atom stereocenters. The van der Waals surface area contributed by atoms with Gasteiger partial charge in [-0.3, -0.25) is 62.5 Å². The van der Waals surface area contributed by atoms with E-state index in [1.54, 1.807) is 58.3 Å². The number of fused-ring (bicyclic) bond motifs is 4. The molecule has 0 aromatic heterocycles. The molecule has 39 heteroatoms. The molecule has 123 heavy (non-hydrogen) atoms. The number of ether oxygens (including phenoxy) is 12. The van der Waals surface area contributed by atoms with Crippen LogP contribution in [0.1, 0.15) is 110 Å². The Morgan fingerprint density at radius 3 is 1.50 bits per heavy atom. The molecule has 8 bridgehead atoms. The van der Waals surface area contributed by atoms with Crippen LogP contribution in [0.25, 0.3) is 0 Å². The van der Waals surface area contributed by atoms with Crippen LogP contribution in [0.5, 0.6) is 23.0 Å². The predicted octanol–water partition coefficient (Wildman–Crippen LogP) is 2.83. The van der Waals surface area contributed by atoms with Crippen molar-refractivity contribution in [2.45, 2.75) is 128 Å². The molecule has 4 aromatic carbocycles. The van der Waals surface area contributed by atoms with Crippen molar-refractivity contribution in [1.82, 2.24) is 41.7 Å². The lowest BCUT2D eigenvalue weighted by Crippen LogP contribution is -2.53. The zero-order chi connectivity index (χ0) is 88.2. The summed E-state index contributed by atoms with van der Waals surface area (Å²) < 4.78 is 69.0. The maximum absolute atomic E-state index is 14.4. The Balaban J connectivity index is 0.831. The van der Waals surface area contributed by atoms with Crippen molar-refractivity contribution in [2.24, 2.45) is 5.73 Å². The van der Waals surface area contributed by atoms with Gasteiger partial charge in [0.15, 0.2) is 23.0 Å². The van der Waals surface area contributed by atoms with Gasteiger partial charge in [-0.05, 0) is 106 Å². The number of carbonyl (C=O) groups excluding carboxylic acids is 12. The number of anilines is 4. The fourth-order valence-electron chi connectivity index (χ4n) is 13.6. The van der Waals surface area contributed by atoms with E-state index in [1.807, 2.05) is 0 Å². The third-order valence-corrected chi connectivity index (χ3v) is 20.0. The van der Waals surface area contributed by atoms with E-state index < -0.39 is 102 Å². The first-order chi connectivity index (χ1) is 59.4. The number of carboxylic acid groups (broad SMARTS) is 1. The summed E-state index contributed by atoms with van der Waals surface area (Å²) in [6, 6.07) is 13.1. The molecule has 6 atom stereocenters. The molecule has 11 rings (SSSR count). The Kier molecular flexibility index (Phi) is 37.7. The number of nitrogens with one attached hydrogen (secondary N) is 8. The number of amides is 12. The van der Waals surface area contributed by atoms with Crippen molar-refractivity contribution < 1.29 is 124 Å². The highest BCUT2D eigenvalue weighted by molar-refractivity contribution is 6.08. The van der Waals surface area contributed by atoms with Crippen molar-refractivity contribution in [1.29, 1.82) is 0 Å². The highest BCUT2D eigenvalue weighted by Crippen LogP contribution is 2.43. The van der Waals surface area contributed by atoms with Crippen molar-refractivity contribution >= 4 is 100.0 Å². The number of aliphatic carboxylic acids is 1. The highest BCUT2D eigenvalue weighted by atomic mass is 16.6. The van der Waals surface area contributed by atoms with Gasteiger partial charge < -0.3 is 120 Å². The van der Waals surface area contributed by atoms with Crippen LogP contribution in [0.4, 0.5) is 32.3 Å². The number of nitrogens with two attached hydrogens (primary N) is 1. The summed E-state index contributed by atoms with van der Waals surface area (Å²) >= 11 is 0. The Morgan fingerprint density at radius 2 is 0.992 bits per heavy atom. The lowest BCUT2D eigenvalue weighted by Gasteiger charge is -2.26. The van der Waals surface area contributed by atoms with E-state index in [1.165, 1.54) is 62.1 Å². The van der Waals surface area contributed by atoms with Gasteiger partial charge in [-0.1, -0.05) is 36.4 Å². The van der Waals surface area contributed by atoms with Crippen LogP contribution in [0.2, 0.25) is 0 Å². The molecular formula is C84H109N13O26. The molecule has 7 heterocycles. The van der Waals surface area contributed by atoms with Gasteiger partial charge in [0.2, 0.25) is 35.4 Å². The number of methoxy groups -OCH3 is 2. The molecule has 11 N–H and O–H groups in total. The summed E-state index contributed by atoms with van der Waals surface area (Å²) in [7, 11) is 2.83. The summed E-state index contributed by atoms with van der Waals surface area (Å²) in [5, 5.41) is 30.6. The number of rotatable bonds is 8. The van der Waals surface area contributed by atoms with E-state index in [-0.39, 0.29) is 233 Å². The molecule has 666 valence electrons. The topological polar surface area (TPSA) is 488 Å². The van der Waals surface area contributed by atoms with Crippen LogP contribution in [-0.2, 0) is 94.3 Å². The van der Waals surface area contributed by atoms with Gasteiger partial charge in [-0.2, -0.15) is 0 Å². The Labute approximate surface area is 711 Å². The number of hydrogen-bond donors (Lipinski definition) is 10. The first kappa shape index (κ1) is 94.7. The molecule has 0 aliphatic carbocycles. The van der Waals surface area contributed by atoms with Crippen molar-refractivity contribution in [3.8, 4) is 34.8 Å². The second-order valence-corrected chi connectivity index (χ2v) is 29.1.